The summed E-state index contributed by atoms with van der Waals surface area (Å²) in [5.74, 6) is 0. The minimum Gasteiger partial charge on any atom is -0.392 e. The monoisotopic (exact) mass is 178 g/mol. The highest BCUT2D eigenvalue weighted by Gasteiger charge is 2.21. The van der Waals surface area contributed by atoms with Crippen molar-refractivity contribution in [1.29, 1.82) is 10.5 Å². The summed E-state index contributed by atoms with van der Waals surface area (Å²) in [6.45, 7) is 0. The topological polar surface area (TPSA) is 99.6 Å². The first-order valence-corrected chi connectivity index (χ1v) is 4.00. The molecule has 1 atom stereocenters. The number of hydrogen-bond acceptors (Lipinski definition) is 5. The average Bonchev–Trinajstić information content (AvgIpc) is 2.06. The highest BCUT2D eigenvalue weighted by molar-refractivity contribution is 8.05. The summed E-state index contributed by atoms with van der Waals surface area (Å²) in [7, 11) is 0. The first kappa shape index (κ1) is 8.66. The van der Waals surface area contributed by atoms with Crippen molar-refractivity contribution in [3.05, 3.63) is 21.6 Å². The summed E-state index contributed by atoms with van der Waals surface area (Å²) in [4.78, 5) is 0. The first-order chi connectivity index (χ1) is 5.70. The molecule has 0 amide bonds. The van der Waals surface area contributed by atoms with Gasteiger partial charge in [-0.2, -0.15) is 10.5 Å². The van der Waals surface area contributed by atoms with Gasteiger partial charge in [-0.15, -0.1) is 0 Å². The van der Waals surface area contributed by atoms with Crippen molar-refractivity contribution in [2.75, 3.05) is 0 Å². The largest absolute Gasteiger partial charge is 0.392 e. The molecule has 60 valence electrons. The van der Waals surface area contributed by atoms with Crippen LogP contribution in [-0.2, 0) is 0 Å². The van der Waals surface area contributed by atoms with E-state index < -0.39 is 6.04 Å². The minimum absolute atomic E-state index is 0.277. The van der Waals surface area contributed by atoms with E-state index in [4.69, 9.17) is 22.0 Å². The van der Waals surface area contributed by atoms with Crippen molar-refractivity contribution in [2.45, 2.75) is 6.04 Å². The molecule has 0 bridgehead atoms. The van der Waals surface area contributed by atoms with Gasteiger partial charge >= 0.3 is 0 Å². The van der Waals surface area contributed by atoms with Crippen molar-refractivity contribution in [3.8, 4) is 12.1 Å². The van der Waals surface area contributed by atoms with Gasteiger partial charge in [0, 0.05) is 0 Å². The van der Waals surface area contributed by atoms with Gasteiger partial charge in [0.25, 0.3) is 0 Å². The first-order valence-electron chi connectivity index (χ1n) is 3.13. The maximum Gasteiger partial charge on any atom is 0.0995 e. The van der Waals surface area contributed by atoms with Gasteiger partial charge in [-0.05, 0) is 5.41 Å². The van der Waals surface area contributed by atoms with Crippen LogP contribution >= 0.6 is 11.8 Å². The maximum absolute atomic E-state index is 8.63. The number of rotatable bonds is 0. The number of nitrogens with two attached hydrogens (primary N) is 2. The van der Waals surface area contributed by atoms with E-state index in [1.54, 1.807) is 5.41 Å². The van der Waals surface area contributed by atoms with Gasteiger partial charge in [-0.3, -0.25) is 0 Å². The third-order valence-corrected chi connectivity index (χ3v) is 2.32. The molecule has 4 nitrogen and oxygen atoms in total. The molecule has 0 aliphatic carbocycles. The lowest BCUT2D eigenvalue weighted by molar-refractivity contribution is 0.934. The van der Waals surface area contributed by atoms with Gasteiger partial charge in [-0.25, -0.2) is 0 Å². The Morgan fingerprint density at radius 3 is 2.58 bits per heavy atom. The second-order valence-electron chi connectivity index (χ2n) is 2.17. The standard InChI is InChI=1S/C7H6N4S/c8-1-4-3-12-7(11)5(2-9)6(4)10/h3,6H,10-11H2. The predicted octanol–water partition coefficient (Wildman–Crippen LogP) is 0.162. The molecule has 0 aromatic heterocycles. The van der Waals surface area contributed by atoms with Gasteiger partial charge in [0.15, 0.2) is 0 Å². The zero-order chi connectivity index (χ0) is 9.14. The summed E-state index contributed by atoms with van der Waals surface area (Å²) >= 11 is 1.16. The van der Waals surface area contributed by atoms with E-state index in [0.29, 0.717) is 10.6 Å². The van der Waals surface area contributed by atoms with Crippen LogP contribution in [0.1, 0.15) is 0 Å². The van der Waals surface area contributed by atoms with Gasteiger partial charge in [0.1, 0.15) is 0 Å². The van der Waals surface area contributed by atoms with Crippen LogP contribution in [0.2, 0.25) is 0 Å². The number of hydrogen-bond donors (Lipinski definition) is 2. The van der Waals surface area contributed by atoms with Crippen molar-refractivity contribution >= 4 is 11.8 Å². The van der Waals surface area contributed by atoms with Crippen LogP contribution in [-0.4, -0.2) is 6.04 Å². The predicted molar refractivity (Wildman–Crippen MR) is 46.1 cm³/mol. The fraction of sp³-hybridized carbons (Fsp3) is 0.143. The summed E-state index contributed by atoms with van der Waals surface area (Å²) in [6, 6.07) is 3.15. The lowest BCUT2D eigenvalue weighted by Gasteiger charge is -2.15. The average molecular weight is 178 g/mol. The SMILES string of the molecule is N#CC1=CSC(N)=C(C#N)C1N. The molecule has 1 unspecified atom stereocenters. The van der Waals surface area contributed by atoms with E-state index in [-0.39, 0.29) is 5.57 Å². The summed E-state index contributed by atoms with van der Waals surface area (Å²) in [5, 5.41) is 19.2. The van der Waals surface area contributed by atoms with Crippen LogP contribution in [0.15, 0.2) is 21.6 Å². The zero-order valence-electron chi connectivity index (χ0n) is 6.11. The van der Waals surface area contributed by atoms with E-state index in [1.165, 1.54) is 0 Å². The van der Waals surface area contributed by atoms with E-state index in [2.05, 4.69) is 0 Å². The molecule has 0 saturated carbocycles. The zero-order valence-corrected chi connectivity index (χ0v) is 6.93. The van der Waals surface area contributed by atoms with Crippen LogP contribution in [0.5, 0.6) is 0 Å². The van der Waals surface area contributed by atoms with Crippen LogP contribution < -0.4 is 11.5 Å². The Balaban J connectivity index is 3.04. The Morgan fingerprint density at radius 1 is 1.42 bits per heavy atom. The Bertz CT molecular complexity index is 341. The van der Waals surface area contributed by atoms with Crippen LogP contribution in [0.25, 0.3) is 0 Å². The highest BCUT2D eigenvalue weighted by Crippen LogP contribution is 2.27. The summed E-state index contributed by atoms with van der Waals surface area (Å²) < 4.78 is 0. The van der Waals surface area contributed by atoms with Crippen molar-refractivity contribution < 1.29 is 0 Å². The molecule has 0 spiro atoms. The van der Waals surface area contributed by atoms with E-state index in [0.717, 1.165) is 11.8 Å². The maximum atomic E-state index is 8.63. The molecule has 4 N–H and O–H groups in total. The van der Waals surface area contributed by atoms with E-state index >= 15 is 0 Å². The van der Waals surface area contributed by atoms with Gasteiger partial charge in [-0.1, -0.05) is 11.8 Å². The second-order valence-corrected chi connectivity index (χ2v) is 3.08. The Kier molecular flexibility index (Phi) is 2.39. The van der Waals surface area contributed by atoms with Gasteiger partial charge < -0.3 is 11.5 Å². The van der Waals surface area contributed by atoms with Gasteiger partial charge in [0.05, 0.1) is 34.4 Å². The third kappa shape index (κ3) is 1.28. The lowest BCUT2D eigenvalue weighted by Crippen LogP contribution is -2.28. The molecule has 0 aromatic carbocycles. The fourth-order valence-corrected chi connectivity index (χ4v) is 1.55. The molecule has 1 heterocycles. The van der Waals surface area contributed by atoms with Crippen molar-refractivity contribution in [2.24, 2.45) is 11.5 Å². The molecular weight excluding hydrogens is 172 g/mol. The number of nitriles is 2. The Labute approximate surface area is 74.1 Å². The Hall–Kier alpha value is -1.43. The molecular formula is C7H6N4S. The fourth-order valence-electron chi connectivity index (χ4n) is 0.793. The molecule has 0 aromatic rings. The Morgan fingerprint density at radius 2 is 2.08 bits per heavy atom. The normalized spacial score (nSPS) is 22.6. The molecule has 0 radical (unpaired) electrons. The summed E-state index contributed by atoms with van der Waals surface area (Å²) in [6.07, 6.45) is 0. The summed E-state index contributed by atoms with van der Waals surface area (Å²) in [5.41, 5.74) is 11.7. The molecule has 5 heteroatoms. The van der Waals surface area contributed by atoms with Crippen molar-refractivity contribution in [1.82, 2.24) is 0 Å². The molecule has 0 fully saturated rings. The number of nitrogens with zero attached hydrogens (tertiary/aromatic N) is 2. The minimum atomic E-state index is -0.652. The van der Waals surface area contributed by atoms with Gasteiger partial charge in [0.2, 0.25) is 0 Å². The molecule has 1 rings (SSSR count). The van der Waals surface area contributed by atoms with Crippen LogP contribution in [0.3, 0.4) is 0 Å². The van der Waals surface area contributed by atoms with E-state index in [9.17, 15) is 0 Å². The second kappa shape index (κ2) is 3.31. The molecule has 1 aliphatic heterocycles. The van der Waals surface area contributed by atoms with E-state index in [1.807, 2.05) is 12.1 Å². The van der Waals surface area contributed by atoms with Crippen LogP contribution in [0, 0.1) is 22.7 Å². The quantitative estimate of drug-likeness (QED) is 0.550. The molecule has 0 saturated heterocycles. The smallest absolute Gasteiger partial charge is 0.0995 e. The third-order valence-electron chi connectivity index (χ3n) is 1.47. The molecule has 1 aliphatic rings. The number of thioether (sulfide) groups is 1. The lowest BCUT2D eigenvalue weighted by atomic mass is 10.0. The molecule has 12 heavy (non-hydrogen) atoms. The van der Waals surface area contributed by atoms with Crippen molar-refractivity contribution in [3.63, 3.8) is 0 Å². The highest BCUT2D eigenvalue weighted by atomic mass is 32.2. The van der Waals surface area contributed by atoms with Crippen LogP contribution in [0.4, 0.5) is 0 Å².